The summed E-state index contributed by atoms with van der Waals surface area (Å²) in [7, 11) is 1.18. The van der Waals surface area contributed by atoms with Gasteiger partial charge in [-0.25, -0.2) is 13.6 Å². The molecule has 0 heterocycles. The van der Waals surface area contributed by atoms with Crippen LogP contribution in [0.5, 0.6) is 0 Å². The number of para-hydroxylation sites is 1. The summed E-state index contributed by atoms with van der Waals surface area (Å²) in [5, 5.41) is 5.02. The Hall–Kier alpha value is -3.14. The average Bonchev–Trinajstić information content (AvgIpc) is 2.68. The number of rotatable bonds is 8. The van der Waals surface area contributed by atoms with Crippen molar-refractivity contribution in [2.75, 3.05) is 24.4 Å². The number of halogens is 4. The van der Waals surface area contributed by atoms with E-state index >= 15 is 0 Å². The molecule has 0 aliphatic carbocycles. The van der Waals surface area contributed by atoms with E-state index in [1.54, 1.807) is 18.2 Å². The molecule has 0 atom stereocenters. The van der Waals surface area contributed by atoms with E-state index in [4.69, 9.17) is 0 Å². The van der Waals surface area contributed by atoms with Crippen molar-refractivity contribution in [2.24, 2.45) is 0 Å². The van der Waals surface area contributed by atoms with Crippen LogP contribution in [0, 0.1) is 0 Å². The smallest absolute Gasteiger partial charge is 0.411 e. The molecule has 2 aromatic carbocycles. The third-order valence-corrected chi connectivity index (χ3v) is 3.66. The van der Waals surface area contributed by atoms with Gasteiger partial charge in [-0.2, -0.15) is 8.78 Å². The third kappa shape index (κ3) is 6.46. The molecule has 0 spiro atoms. The second kappa shape index (κ2) is 9.87. The molecule has 0 aliphatic rings. The van der Waals surface area contributed by atoms with Crippen molar-refractivity contribution in [1.29, 1.82) is 0 Å². The second-order valence-electron chi connectivity index (χ2n) is 5.87. The second-order valence-corrected chi connectivity index (χ2v) is 5.87. The highest BCUT2D eigenvalue weighted by molar-refractivity contribution is 6.09. The van der Waals surface area contributed by atoms with E-state index < -0.39 is 31.0 Å². The number of methoxy groups -OCH3 is 1. The predicted molar refractivity (Wildman–Crippen MR) is 97.5 cm³/mol. The zero-order valence-corrected chi connectivity index (χ0v) is 15.3. The van der Waals surface area contributed by atoms with Gasteiger partial charge < -0.3 is 14.8 Å². The van der Waals surface area contributed by atoms with Crippen molar-refractivity contribution in [1.82, 2.24) is 0 Å². The molecule has 156 valence electrons. The van der Waals surface area contributed by atoms with E-state index in [9.17, 15) is 27.2 Å². The fourth-order valence-corrected chi connectivity index (χ4v) is 2.26. The van der Waals surface area contributed by atoms with Gasteiger partial charge in [0.2, 0.25) is 0 Å². The van der Waals surface area contributed by atoms with Crippen molar-refractivity contribution in [2.45, 2.75) is 19.0 Å². The van der Waals surface area contributed by atoms with Crippen LogP contribution >= 0.6 is 0 Å². The van der Waals surface area contributed by atoms with Gasteiger partial charge in [0.1, 0.15) is 6.61 Å². The lowest BCUT2D eigenvalue weighted by molar-refractivity contribution is -0.168. The van der Waals surface area contributed by atoms with Crippen LogP contribution in [0.1, 0.15) is 15.9 Å². The van der Waals surface area contributed by atoms with Gasteiger partial charge in [-0.3, -0.25) is 10.1 Å². The molecular weight excluding hydrogens is 396 g/mol. The van der Waals surface area contributed by atoms with Crippen molar-refractivity contribution in [3.8, 4) is 0 Å². The highest BCUT2D eigenvalue weighted by Crippen LogP contribution is 2.24. The number of carbonyl (C=O) groups is 2. The monoisotopic (exact) mass is 414 g/mol. The molecule has 2 amide bonds. The van der Waals surface area contributed by atoms with Crippen molar-refractivity contribution in [3.63, 3.8) is 0 Å². The van der Waals surface area contributed by atoms with Crippen LogP contribution in [0.25, 0.3) is 0 Å². The molecule has 0 aromatic heterocycles. The Labute approximate surface area is 163 Å². The lowest BCUT2D eigenvalue weighted by Crippen LogP contribution is -2.32. The maximum absolute atomic E-state index is 12.9. The maximum atomic E-state index is 12.9. The van der Waals surface area contributed by atoms with Crippen LogP contribution in [0.4, 0.5) is 33.7 Å². The first-order chi connectivity index (χ1) is 13.7. The minimum Gasteiger partial charge on any atom is -0.453 e. The molecule has 29 heavy (non-hydrogen) atoms. The van der Waals surface area contributed by atoms with Crippen molar-refractivity contribution >= 4 is 23.4 Å². The van der Waals surface area contributed by atoms with Crippen molar-refractivity contribution in [3.05, 3.63) is 59.7 Å². The van der Waals surface area contributed by atoms with Gasteiger partial charge in [-0.1, -0.05) is 24.3 Å². The van der Waals surface area contributed by atoms with Crippen LogP contribution in [0.2, 0.25) is 0 Å². The molecule has 0 unspecified atom stereocenters. The van der Waals surface area contributed by atoms with E-state index in [0.717, 1.165) is 0 Å². The third-order valence-electron chi connectivity index (χ3n) is 3.66. The van der Waals surface area contributed by atoms with Crippen molar-refractivity contribution < 1.29 is 36.6 Å². The molecule has 2 aromatic rings. The van der Waals surface area contributed by atoms with Gasteiger partial charge in [-0.15, -0.1) is 0 Å². The van der Waals surface area contributed by atoms with Crippen LogP contribution in [-0.2, 0) is 16.1 Å². The van der Waals surface area contributed by atoms with Crippen LogP contribution in [0.15, 0.2) is 48.5 Å². The Balaban J connectivity index is 2.03. The summed E-state index contributed by atoms with van der Waals surface area (Å²) < 4.78 is 59.2. The quantitative estimate of drug-likeness (QED) is 0.622. The van der Waals surface area contributed by atoms with Crippen LogP contribution < -0.4 is 10.6 Å². The maximum Gasteiger partial charge on any atom is 0.411 e. The van der Waals surface area contributed by atoms with Gasteiger partial charge >= 0.3 is 18.4 Å². The number of benzene rings is 2. The van der Waals surface area contributed by atoms with Gasteiger partial charge in [0.25, 0.3) is 5.91 Å². The largest absolute Gasteiger partial charge is 0.453 e. The van der Waals surface area contributed by atoms with Crippen LogP contribution in [0.3, 0.4) is 0 Å². The molecular formula is C19H18F4N2O4. The summed E-state index contributed by atoms with van der Waals surface area (Å²) in [5.74, 6) is -4.78. The van der Waals surface area contributed by atoms with Gasteiger partial charge in [0.15, 0.2) is 0 Å². The van der Waals surface area contributed by atoms with E-state index in [-0.39, 0.29) is 17.9 Å². The summed E-state index contributed by atoms with van der Waals surface area (Å²) in [5.41, 5.74) is 1.11. The molecule has 0 fully saturated rings. The number of carbonyl (C=O) groups excluding carboxylic acids is 2. The SMILES string of the molecule is COC(=O)Nc1ccccc1C(=O)Nc1cccc(COCC(F)(F)C(F)F)c1. The number of amides is 2. The fraction of sp³-hybridized carbons (Fsp3) is 0.263. The number of anilines is 2. The number of alkyl halides is 4. The molecule has 10 heteroatoms. The lowest BCUT2D eigenvalue weighted by atomic mass is 10.1. The molecule has 0 bridgehead atoms. The summed E-state index contributed by atoms with van der Waals surface area (Å²) >= 11 is 0. The summed E-state index contributed by atoms with van der Waals surface area (Å²) in [6, 6.07) is 12.3. The topological polar surface area (TPSA) is 76.7 Å². The molecule has 2 N–H and O–H groups in total. The first kappa shape index (κ1) is 22.2. The van der Waals surface area contributed by atoms with E-state index in [2.05, 4.69) is 20.1 Å². The normalized spacial score (nSPS) is 11.2. The van der Waals surface area contributed by atoms with E-state index in [0.29, 0.717) is 11.3 Å². The van der Waals surface area contributed by atoms with Gasteiger partial charge in [-0.05, 0) is 29.8 Å². The zero-order chi connectivity index (χ0) is 21.4. The fourth-order valence-electron chi connectivity index (χ4n) is 2.26. The first-order valence-electron chi connectivity index (χ1n) is 8.31. The molecule has 2 rings (SSSR count). The lowest BCUT2D eigenvalue weighted by Gasteiger charge is -2.15. The summed E-state index contributed by atoms with van der Waals surface area (Å²) in [4.78, 5) is 23.9. The Bertz CT molecular complexity index is 862. The Kier molecular flexibility index (Phi) is 7.54. The van der Waals surface area contributed by atoms with Gasteiger partial charge in [0, 0.05) is 5.69 Å². The van der Waals surface area contributed by atoms with E-state index in [1.807, 2.05) is 0 Å². The molecule has 0 aliphatic heterocycles. The predicted octanol–water partition coefficient (Wildman–Crippen LogP) is 4.53. The Morgan fingerprint density at radius 2 is 1.79 bits per heavy atom. The number of nitrogens with one attached hydrogen (secondary N) is 2. The number of ether oxygens (including phenoxy) is 2. The molecule has 0 radical (unpaired) electrons. The molecule has 6 nitrogen and oxygen atoms in total. The highest BCUT2D eigenvalue weighted by Gasteiger charge is 2.40. The Morgan fingerprint density at radius 1 is 1.07 bits per heavy atom. The molecule has 0 saturated heterocycles. The van der Waals surface area contributed by atoms with Gasteiger partial charge in [0.05, 0.1) is 25.0 Å². The standard InChI is InChI=1S/C19H18F4N2O4/c1-28-18(27)25-15-8-3-2-7-14(15)16(26)24-13-6-4-5-12(9-13)10-29-11-19(22,23)17(20)21/h2-9,17H,10-11H2,1H3,(H,24,26)(H,25,27). The molecule has 0 saturated carbocycles. The number of hydrogen-bond donors (Lipinski definition) is 2. The van der Waals surface area contributed by atoms with E-state index in [1.165, 1.54) is 37.4 Å². The minimum absolute atomic E-state index is 0.163. The highest BCUT2D eigenvalue weighted by atomic mass is 19.3. The summed E-state index contributed by atoms with van der Waals surface area (Å²) in [6.45, 7) is -1.76. The zero-order valence-electron chi connectivity index (χ0n) is 15.3. The first-order valence-corrected chi connectivity index (χ1v) is 8.31. The Morgan fingerprint density at radius 3 is 2.48 bits per heavy atom. The average molecular weight is 414 g/mol. The van der Waals surface area contributed by atoms with Crippen LogP contribution in [-0.4, -0.2) is 38.1 Å². The minimum atomic E-state index is -4.23. The summed E-state index contributed by atoms with van der Waals surface area (Å²) in [6.07, 6.45) is -4.56. The number of hydrogen-bond acceptors (Lipinski definition) is 4.